The van der Waals surface area contributed by atoms with Gasteiger partial charge in [0.25, 0.3) is 0 Å². The number of sulfonamides is 1. The van der Waals surface area contributed by atoms with E-state index in [0.717, 1.165) is 10.6 Å². The van der Waals surface area contributed by atoms with Crippen LogP contribution in [0.1, 0.15) is 32.8 Å². The van der Waals surface area contributed by atoms with Crippen LogP contribution in [0.25, 0.3) is 0 Å². The molecule has 198 valence electrons. The van der Waals surface area contributed by atoms with E-state index in [9.17, 15) is 18.0 Å². The van der Waals surface area contributed by atoms with Crippen molar-refractivity contribution < 1.29 is 22.7 Å². The molecule has 2 rings (SSSR count). The Morgan fingerprint density at radius 1 is 1.11 bits per heavy atom. The largest absolute Gasteiger partial charge is 0.495 e. The number of methoxy groups -OCH3 is 1. The quantitative estimate of drug-likeness (QED) is 0.418. The first-order valence-corrected chi connectivity index (χ1v) is 14.1. The average Bonchev–Trinajstić information content (AvgIpc) is 2.81. The highest BCUT2D eigenvalue weighted by atomic mass is 35.5. The summed E-state index contributed by atoms with van der Waals surface area (Å²) in [5, 5.41) is 3.59. The molecule has 0 aliphatic rings. The molecule has 11 heteroatoms. The second-order valence-electron chi connectivity index (χ2n) is 8.76. The number of nitrogens with zero attached hydrogens (tertiary/aromatic N) is 2. The molecule has 0 saturated heterocycles. The number of carbonyl (C=O) groups excluding carboxylic acids is 2. The van der Waals surface area contributed by atoms with Gasteiger partial charge in [0, 0.05) is 23.1 Å². The number of benzene rings is 2. The van der Waals surface area contributed by atoms with Crippen LogP contribution >= 0.6 is 23.2 Å². The Balaban J connectivity index is 2.51. The number of amides is 2. The summed E-state index contributed by atoms with van der Waals surface area (Å²) in [6.45, 7) is 5.64. The third kappa shape index (κ3) is 8.01. The molecule has 0 bridgehead atoms. The summed E-state index contributed by atoms with van der Waals surface area (Å²) in [7, 11) is -2.54. The lowest BCUT2D eigenvalue weighted by atomic mass is 10.1. The van der Waals surface area contributed by atoms with Crippen LogP contribution in [0, 0.1) is 5.92 Å². The first-order chi connectivity index (χ1) is 16.9. The molecule has 2 aromatic rings. The molecule has 2 aromatic carbocycles. The predicted molar refractivity (Wildman–Crippen MR) is 144 cm³/mol. The maximum atomic E-state index is 13.7. The smallest absolute Gasteiger partial charge is 0.244 e. The lowest BCUT2D eigenvalue weighted by Crippen LogP contribution is -2.52. The Morgan fingerprint density at radius 3 is 2.33 bits per heavy atom. The third-order valence-electron chi connectivity index (χ3n) is 5.46. The van der Waals surface area contributed by atoms with Gasteiger partial charge in [-0.1, -0.05) is 62.2 Å². The Hall–Kier alpha value is -2.49. The second kappa shape index (κ2) is 13.2. The van der Waals surface area contributed by atoms with E-state index in [1.165, 1.54) is 24.1 Å². The number of nitrogens with one attached hydrogen (secondary N) is 1. The van der Waals surface area contributed by atoms with Gasteiger partial charge in [0.1, 0.15) is 18.3 Å². The Labute approximate surface area is 223 Å². The number of ether oxygens (including phenoxy) is 1. The van der Waals surface area contributed by atoms with E-state index in [1.807, 2.05) is 13.8 Å². The van der Waals surface area contributed by atoms with Gasteiger partial charge in [0.05, 0.1) is 19.1 Å². The Bertz CT molecular complexity index is 1170. The van der Waals surface area contributed by atoms with Gasteiger partial charge in [0.2, 0.25) is 21.8 Å². The lowest BCUT2D eigenvalue weighted by molar-refractivity contribution is -0.140. The Morgan fingerprint density at radius 2 is 1.78 bits per heavy atom. The second-order valence-corrected chi connectivity index (χ2v) is 11.5. The van der Waals surface area contributed by atoms with Crippen molar-refractivity contribution in [3.63, 3.8) is 0 Å². The minimum Gasteiger partial charge on any atom is -0.495 e. The van der Waals surface area contributed by atoms with Crippen LogP contribution in [0.2, 0.25) is 10.0 Å². The van der Waals surface area contributed by atoms with Gasteiger partial charge in [-0.25, -0.2) is 8.42 Å². The molecule has 2 amide bonds. The summed E-state index contributed by atoms with van der Waals surface area (Å²) in [5.74, 6) is -0.445. The molecule has 8 nitrogen and oxygen atoms in total. The molecule has 0 fully saturated rings. The van der Waals surface area contributed by atoms with E-state index in [4.69, 9.17) is 27.9 Å². The molecular formula is C25H33Cl2N3O5S. The van der Waals surface area contributed by atoms with E-state index in [1.54, 1.807) is 37.3 Å². The van der Waals surface area contributed by atoms with E-state index >= 15 is 0 Å². The molecule has 1 N–H and O–H groups in total. The fourth-order valence-electron chi connectivity index (χ4n) is 3.60. The molecule has 0 saturated carbocycles. The van der Waals surface area contributed by atoms with Crippen molar-refractivity contribution in [2.24, 2.45) is 5.92 Å². The summed E-state index contributed by atoms with van der Waals surface area (Å²) in [5.41, 5.74) is 0.754. The van der Waals surface area contributed by atoms with Crippen LogP contribution < -0.4 is 14.4 Å². The minimum absolute atomic E-state index is 0.0242. The van der Waals surface area contributed by atoms with Gasteiger partial charge in [-0.05, 0) is 42.2 Å². The van der Waals surface area contributed by atoms with Gasteiger partial charge in [-0.15, -0.1) is 0 Å². The monoisotopic (exact) mass is 557 g/mol. The van der Waals surface area contributed by atoms with Gasteiger partial charge in [0.15, 0.2) is 0 Å². The number of halogens is 2. The summed E-state index contributed by atoms with van der Waals surface area (Å²) in [6, 6.07) is 10.7. The fraction of sp³-hybridized carbons (Fsp3) is 0.440. The standard InChI is InChI=1S/C25H33Cl2N3O5S/c1-6-21(25(32)28-14-17(2)3)29(15-18-9-7-8-10-20(18)27)24(31)16-30(36(5,33)34)22-13-19(26)11-12-23(22)35-4/h7-13,17,21H,6,14-16H2,1-5H3,(H,28,32). The van der Waals surface area contributed by atoms with Crippen molar-refractivity contribution in [1.29, 1.82) is 0 Å². The molecule has 0 aromatic heterocycles. The number of hydrogen-bond donors (Lipinski definition) is 1. The number of rotatable bonds is 12. The van der Waals surface area contributed by atoms with Gasteiger partial charge < -0.3 is 15.0 Å². The minimum atomic E-state index is -3.93. The molecule has 1 atom stereocenters. The SMILES string of the molecule is CCC(C(=O)NCC(C)C)N(Cc1ccccc1Cl)C(=O)CN(c1cc(Cl)ccc1OC)S(C)(=O)=O. The maximum Gasteiger partial charge on any atom is 0.244 e. The van der Waals surface area contributed by atoms with Crippen molar-refractivity contribution in [2.75, 3.05) is 30.8 Å². The van der Waals surface area contributed by atoms with Crippen molar-refractivity contribution >= 4 is 50.7 Å². The zero-order chi connectivity index (χ0) is 27.0. The summed E-state index contributed by atoms with van der Waals surface area (Å²) in [6.07, 6.45) is 1.31. The molecule has 0 radical (unpaired) electrons. The highest BCUT2D eigenvalue weighted by Crippen LogP contribution is 2.33. The van der Waals surface area contributed by atoms with Crippen LogP contribution in [0.5, 0.6) is 5.75 Å². The van der Waals surface area contributed by atoms with E-state index < -0.39 is 28.5 Å². The topological polar surface area (TPSA) is 96.0 Å². The predicted octanol–water partition coefficient (Wildman–Crippen LogP) is 4.35. The van der Waals surface area contributed by atoms with E-state index in [2.05, 4.69) is 5.32 Å². The molecule has 1 unspecified atom stereocenters. The van der Waals surface area contributed by atoms with Crippen molar-refractivity contribution in [1.82, 2.24) is 10.2 Å². The molecule has 0 heterocycles. The van der Waals surface area contributed by atoms with Crippen molar-refractivity contribution in [2.45, 2.75) is 39.8 Å². The normalized spacial score (nSPS) is 12.2. The fourth-order valence-corrected chi connectivity index (χ4v) is 4.81. The number of anilines is 1. The third-order valence-corrected chi connectivity index (χ3v) is 7.19. The Kier molecular flexibility index (Phi) is 10.9. The molecule has 0 aliphatic heterocycles. The zero-order valence-electron chi connectivity index (χ0n) is 21.1. The van der Waals surface area contributed by atoms with Crippen molar-refractivity contribution in [3.8, 4) is 5.75 Å². The first kappa shape index (κ1) is 29.7. The molecule has 36 heavy (non-hydrogen) atoms. The first-order valence-electron chi connectivity index (χ1n) is 11.5. The van der Waals surface area contributed by atoms with Crippen LogP contribution in [-0.4, -0.2) is 57.6 Å². The average molecular weight is 559 g/mol. The molecule has 0 aliphatic carbocycles. The van der Waals surface area contributed by atoms with Gasteiger partial charge in [-0.2, -0.15) is 0 Å². The van der Waals surface area contributed by atoms with Gasteiger partial charge >= 0.3 is 0 Å². The summed E-state index contributed by atoms with van der Waals surface area (Å²) >= 11 is 12.5. The number of carbonyl (C=O) groups is 2. The maximum absolute atomic E-state index is 13.7. The van der Waals surface area contributed by atoms with E-state index in [0.29, 0.717) is 23.6 Å². The zero-order valence-corrected chi connectivity index (χ0v) is 23.5. The van der Waals surface area contributed by atoms with E-state index in [-0.39, 0.29) is 34.8 Å². The number of hydrogen-bond acceptors (Lipinski definition) is 5. The highest BCUT2D eigenvalue weighted by Gasteiger charge is 2.33. The van der Waals surface area contributed by atoms with Crippen LogP contribution in [0.15, 0.2) is 42.5 Å². The van der Waals surface area contributed by atoms with Crippen LogP contribution in [-0.2, 0) is 26.2 Å². The molecule has 0 spiro atoms. The summed E-state index contributed by atoms with van der Waals surface area (Å²) < 4.78 is 31.8. The highest BCUT2D eigenvalue weighted by molar-refractivity contribution is 7.92. The lowest BCUT2D eigenvalue weighted by Gasteiger charge is -2.33. The summed E-state index contributed by atoms with van der Waals surface area (Å²) in [4.78, 5) is 28.2. The van der Waals surface area contributed by atoms with Crippen molar-refractivity contribution in [3.05, 3.63) is 58.1 Å². The van der Waals surface area contributed by atoms with Gasteiger partial charge in [-0.3, -0.25) is 13.9 Å². The van der Waals surface area contributed by atoms with Crippen LogP contribution in [0.4, 0.5) is 5.69 Å². The molecular weight excluding hydrogens is 525 g/mol. The van der Waals surface area contributed by atoms with Crippen LogP contribution in [0.3, 0.4) is 0 Å².